The number of thioether (sulfide) groups is 1. The summed E-state index contributed by atoms with van der Waals surface area (Å²) in [6.45, 7) is 4.54. The molecule has 140 valence electrons. The van der Waals surface area contributed by atoms with Gasteiger partial charge in [-0.15, -0.1) is 10.2 Å². The Balaban J connectivity index is 1.69. The summed E-state index contributed by atoms with van der Waals surface area (Å²) in [5.74, 6) is 0.715. The molecule has 6 nitrogen and oxygen atoms in total. The molecule has 0 aliphatic heterocycles. The van der Waals surface area contributed by atoms with Gasteiger partial charge in [0.25, 0.3) is 0 Å². The summed E-state index contributed by atoms with van der Waals surface area (Å²) in [4.78, 5) is 12.2. The molecule has 2 N–H and O–H groups in total. The highest BCUT2D eigenvalue weighted by molar-refractivity contribution is 7.99. The third kappa shape index (κ3) is 4.61. The van der Waals surface area contributed by atoms with E-state index < -0.39 is 0 Å². The standard InChI is InChI=1S/C19H19ClN4O2S/c1-3-24-18(13-5-7-14(20)8-6-13)22-23-19(24)27-11-17(26)21-15-9-4-12(2)10-16(15)25/h4-10,25H,3,11H2,1-2H3,(H,21,26). The van der Waals surface area contributed by atoms with Crippen molar-refractivity contribution in [3.63, 3.8) is 0 Å². The van der Waals surface area contributed by atoms with Crippen LogP contribution >= 0.6 is 23.4 Å². The Kier molecular flexibility index (Phi) is 6.03. The summed E-state index contributed by atoms with van der Waals surface area (Å²) in [5, 5.41) is 22.4. The number of anilines is 1. The fourth-order valence-corrected chi connectivity index (χ4v) is 3.49. The second kappa shape index (κ2) is 8.45. The molecule has 0 saturated carbocycles. The third-order valence-electron chi connectivity index (χ3n) is 3.90. The van der Waals surface area contributed by atoms with Gasteiger partial charge in [0, 0.05) is 17.1 Å². The number of carbonyl (C=O) groups excluding carboxylic acids is 1. The van der Waals surface area contributed by atoms with Crippen LogP contribution in [-0.2, 0) is 11.3 Å². The minimum absolute atomic E-state index is 0.0510. The molecule has 0 atom stereocenters. The minimum atomic E-state index is -0.224. The molecule has 0 aliphatic carbocycles. The van der Waals surface area contributed by atoms with Gasteiger partial charge >= 0.3 is 0 Å². The van der Waals surface area contributed by atoms with E-state index in [4.69, 9.17) is 11.6 Å². The first-order valence-electron chi connectivity index (χ1n) is 8.39. The van der Waals surface area contributed by atoms with Crippen LogP contribution in [0, 0.1) is 6.92 Å². The molecular weight excluding hydrogens is 384 g/mol. The largest absolute Gasteiger partial charge is 0.506 e. The van der Waals surface area contributed by atoms with Crippen molar-refractivity contribution in [1.82, 2.24) is 14.8 Å². The third-order valence-corrected chi connectivity index (χ3v) is 5.11. The van der Waals surface area contributed by atoms with Crippen LogP contribution in [0.2, 0.25) is 5.02 Å². The fraction of sp³-hybridized carbons (Fsp3) is 0.211. The molecule has 1 aromatic heterocycles. The Bertz CT molecular complexity index is 957. The Morgan fingerprint density at radius 2 is 1.96 bits per heavy atom. The quantitative estimate of drug-likeness (QED) is 0.473. The summed E-state index contributed by atoms with van der Waals surface area (Å²) in [7, 11) is 0. The predicted molar refractivity (Wildman–Crippen MR) is 108 cm³/mol. The van der Waals surface area contributed by atoms with Crippen LogP contribution in [0.5, 0.6) is 5.75 Å². The summed E-state index contributed by atoms with van der Waals surface area (Å²) >= 11 is 7.24. The highest BCUT2D eigenvalue weighted by Gasteiger charge is 2.15. The first-order chi connectivity index (χ1) is 13.0. The van der Waals surface area contributed by atoms with Gasteiger partial charge in [0.15, 0.2) is 11.0 Å². The Morgan fingerprint density at radius 1 is 1.22 bits per heavy atom. The highest BCUT2D eigenvalue weighted by Crippen LogP contribution is 2.27. The van der Waals surface area contributed by atoms with E-state index in [2.05, 4.69) is 15.5 Å². The lowest BCUT2D eigenvalue weighted by Crippen LogP contribution is -2.14. The summed E-state index contributed by atoms with van der Waals surface area (Å²) in [5.41, 5.74) is 2.23. The molecule has 0 spiro atoms. The van der Waals surface area contributed by atoms with Crippen molar-refractivity contribution in [3.8, 4) is 17.1 Å². The lowest BCUT2D eigenvalue weighted by Gasteiger charge is -2.09. The predicted octanol–water partition coefficient (Wildman–Crippen LogP) is 4.36. The van der Waals surface area contributed by atoms with E-state index >= 15 is 0 Å². The van der Waals surface area contributed by atoms with Crippen molar-refractivity contribution in [2.45, 2.75) is 25.5 Å². The maximum absolute atomic E-state index is 12.2. The topological polar surface area (TPSA) is 80.0 Å². The van der Waals surface area contributed by atoms with E-state index in [-0.39, 0.29) is 17.4 Å². The first-order valence-corrected chi connectivity index (χ1v) is 9.75. The number of aryl methyl sites for hydroxylation is 1. The zero-order chi connectivity index (χ0) is 19.4. The van der Waals surface area contributed by atoms with Gasteiger partial charge in [-0.1, -0.05) is 29.4 Å². The van der Waals surface area contributed by atoms with Crippen molar-refractivity contribution in [2.75, 3.05) is 11.1 Å². The Morgan fingerprint density at radius 3 is 2.63 bits per heavy atom. The number of aromatic nitrogens is 3. The van der Waals surface area contributed by atoms with Gasteiger partial charge in [0.2, 0.25) is 5.91 Å². The van der Waals surface area contributed by atoms with Gasteiger partial charge in [-0.3, -0.25) is 4.79 Å². The molecule has 0 bridgehead atoms. The number of hydrogen-bond acceptors (Lipinski definition) is 5. The second-order valence-corrected chi connectivity index (χ2v) is 7.29. The molecule has 27 heavy (non-hydrogen) atoms. The van der Waals surface area contributed by atoms with Crippen LogP contribution in [0.1, 0.15) is 12.5 Å². The SMILES string of the molecule is CCn1c(SCC(=O)Nc2ccc(C)cc2O)nnc1-c1ccc(Cl)cc1. The number of aromatic hydroxyl groups is 1. The molecule has 0 aliphatic rings. The van der Waals surface area contributed by atoms with Gasteiger partial charge in [0.05, 0.1) is 11.4 Å². The minimum Gasteiger partial charge on any atom is -0.506 e. The van der Waals surface area contributed by atoms with Crippen molar-refractivity contribution in [3.05, 3.63) is 53.1 Å². The Hall–Kier alpha value is -2.51. The number of hydrogen-bond donors (Lipinski definition) is 2. The molecule has 0 unspecified atom stereocenters. The first kappa shape index (κ1) is 19.3. The highest BCUT2D eigenvalue weighted by atomic mass is 35.5. The lowest BCUT2D eigenvalue weighted by atomic mass is 10.2. The Labute approximate surface area is 166 Å². The molecule has 3 rings (SSSR count). The summed E-state index contributed by atoms with van der Waals surface area (Å²) in [6, 6.07) is 12.5. The van der Waals surface area contributed by atoms with E-state index in [0.717, 1.165) is 17.0 Å². The fourth-order valence-electron chi connectivity index (χ4n) is 2.56. The number of nitrogens with one attached hydrogen (secondary N) is 1. The van der Waals surface area contributed by atoms with Gasteiger partial charge in [-0.25, -0.2) is 0 Å². The molecule has 0 fully saturated rings. The molecule has 8 heteroatoms. The number of benzene rings is 2. The van der Waals surface area contributed by atoms with E-state index in [0.29, 0.717) is 22.4 Å². The number of carbonyl (C=O) groups is 1. The number of halogens is 1. The average molecular weight is 403 g/mol. The van der Waals surface area contributed by atoms with E-state index in [9.17, 15) is 9.90 Å². The van der Waals surface area contributed by atoms with Crippen LogP contribution < -0.4 is 5.32 Å². The van der Waals surface area contributed by atoms with Crippen molar-refractivity contribution >= 4 is 35.0 Å². The number of phenolic OH excluding ortho intramolecular Hbond substituents is 1. The smallest absolute Gasteiger partial charge is 0.234 e. The number of amides is 1. The van der Waals surface area contributed by atoms with Crippen molar-refractivity contribution in [2.24, 2.45) is 0 Å². The molecule has 0 saturated heterocycles. The maximum atomic E-state index is 12.2. The van der Waals surface area contributed by atoms with E-state index in [1.54, 1.807) is 24.3 Å². The monoisotopic (exact) mass is 402 g/mol. The van der Waals surface area contributed by atoms with E-state index in [1.165, 1.54) is 11.8 Å². The van der Waals surface area contributed by atoms with Gasteiger partial charge in [-0.05, 0) is 55.8 Å². The molecule has 3 aromatic rings. The van der Waals surface area contributed by atoms with Crippen LogP contribution in [0.4, 0.5) is 5.69 Å². The zero-order valence-electron chi connectivity index (χ0n) is 14.9. The number of nitrogens with zero attached hydrogens (tertiary/aromatic N) is 3. The lowest BCUT2D eigenvalue weighted by molar-refractivity contribution is -0.113. The van der Waals surface area contributed by atoms with Crippen LogP contribution in [0.15, 0.2) is 47.6 Å². The van der Waals surface area contributed by atoms with Crippen LogP contribution in [-0.4, -0.2) is 31.5 Å². The molecule has 1 amide bonds. The second-order valence-electron chi connectivity index (χ2n) is 5.91. The number of rotatable bonds is 6. The normalized spacial score (nSPS) is 10.8. The van der Waals surface area contributed by atoms with Crippen molar-refractivity contribution in [1.29, 1.82) is 0 Å². The average Bonchev–Trinajstić information content (AvgIpc) is 3.06. The molecular formula is C19H19ClN4O2S. The van der Waals surface area contributed by atoms with Gasteiger partial charge in [-0.2, -0.15) is 0 Å². The number of phenols is 1. The van der Waals surface area contributed by atoms with Crippen LogP contribution in [0.25, 0.3) is 11.4 Å². The zero-order valence-corrected chi connectivity index (χ0v) is 16.5. The maximum Gasteiger partial charge on any atom is 0.234 e. The van der Waals surface area contributed by atoms with Gasteiger partial charge in [0.1, 0.15) is 5.75 Å². The van der Waals surface area contributed by atoms with Crippen LogP contribution in [0.3, 0.4) is 0 Å². The van der Waals surface area contributed by atoms with Gasteiger partial charge < -0.3 is 15.0 Å². The molecule has 2 aromatic carbocycles. The van der Waals surface area contributed by atoms with Crippen molar-refractivity contribution < 1.29 is 9.90 Å². The molecule has 0 radical (unpaired) electrons. The summed E-state index contributed by atoms with van der Waals surface area (Å²) in [6.07, 6.45) is 0. The molecule has 1 heterocycles. The van der Waals surface area contributed by atoms with E-state index in [1.807, 2.05) is 36.6 Å². The summed E-state index contributed by atoms with van der Waals surface area (Å²) < 4.78 is 1.95.